The second-order valence-corrected chi connectivity index (χ2v) is 6.26. The molecule has 1 aliphatic carbocycles. The van der Waals surface area contributed by atoms with Crippen molar-refractivity contribution in [2.45, 2.75) is 45.3 Å². The third kappa shape index (κ3) is 2.87. The standard InChI is InChI=1S/C14H19N3OS/c1-9-3-2-4-10(7-9)18-8-12-16-13(15)11-5-6-19-14(11)17-12/h5-6,9-10H,2-4,7-8H2,1H3,(H2,15,16,17). The van der Waals surface area contributed by atoms with Crippen LogP contribution in [-0.4, -0.2) is 16.1 Å². The number of aromatic nitrogens is 2. The number of ether oxygens (including phenoxy) is 1. The molecule has 3 rings (SSSR count). The van der Waals surface area contributed by atoms with Crippen LogP contribution in [0.2, 0.25) is 0 Å². The number of fused-ring (bicyclic) bond motifs is 1. The van der Waals surface area contributed by atoms with Crippen LogP contribution in [0.3, 0.4) is 0 Å². The number of hydrogen-bond donors (Lipinski definition) is 1. The van der Waals surface area contributed by atoms with E-state index in [1.54, 1.807) is 11.3 Å². The van der Waals surface area contributed by atoms with E-state index in [-0.39, 0.29) is 0 Å². The summed E-state index contributed by atoms with van der Waals surface area (Å²) in [7, 11) is 0. The van der Waals surface area contributed by atoms with Crippen molar-refractivity contribution >= 4 is 27.4 Å². The molecule has 0 bridgehead atoms. The van der Waals surface area contributed by atoms with E-state index in [0.29, 0.717) is 24.4 Å². The van der Waals surface area contributed by atoms with E-state index in [2.05, 4.69) is 16.9 Å². The van der Waals surface area contributed by atoms with Crippen molar-refractivity contribution < 1.29 is 4.74 Å². The van der Waals surface area contributed by atoms with Crippen molar-refractivity contribution in [2.75, 3.05) is 5.73 Å². The molecule has 2 N–H and O–H groups in total. The van der Waals surface area contributed by atoms with Crippen LogP contribution in [-0.2, 0) is 11.3 Å². The Labute approximate surface area is 117 Å². The first-order valence-corrected chi connectivity index (χ1v) is 7.71. The Hall–Kier alpha value is -1.20. The third-order valence-corrected chi connectivity index (χ3v) is 4.54. The first kappa shape index (κ1) is 12.8. The third-order valence-electron chi connectivity index (χ3n) is 3.74. The van der Waals surface area contributed by atoms with Gasteiger partial charge in [-0.3, -0.25) is 0 Å². The number of thiophene rings is 1. The predicted octanol–water partition coefficient (Wildman–Crippen LogP) is 3.37. The van der Waals surface area contributed by atoms with E-state index in [0.717, 1.165) is 29.0 Å². The number of nitrogen functional groups attached to an aromatic ring is 1. The zero-order chi connectivity index (χ0) is 13.2. The summed E-state index contributed by atoms with van der Waals surface area (Å²) in [4.78, 5) is 9.77. The highest BCUT2D eigenvalue weighted by atomic mass is 32.1. The molecule has 5 heteroatoms. The number of nitrogens with zero attached hydrogens (tertiary/aromatic N) is 2. The Morgan fingerprint density at radius 3 is 3.16 bits per heavy atom. The van der Waals surface area contributed by atoms with E-state index < -0.39 is 0 Å². The largest absolute Gasteiger partial charge is 0.383 e. The minimum atomic E-state index is 0.354. The van der Waals surface area contributed by atoms with Crippen LogP contribution >= 0.6 is 11.3 Å². The van der Waals surface area contributed by atoms with Gasteiger partial charge in [0.2, 0.25) is 0 Å². The maximum atomic E-state index is 5.94. The topological polar surface area (TPSA) is 61.0 Å². The SMILES string of the molecule is CC1CCCC(OCc2nc(N)c3ccsc3n2)C1. The van der Waals surface area contributed by atoms with Crippen LogP contribution in [0, 0.1) is 5.92 Å². The summed E-state index contributed by atoms with van der Waals surface area (Å²) in [6.45, 7) is 2.76. The first-order valence-electron chi connectivity index (χ1n) is 6.83. The van der Waals surface area contributed by atoms with Crippen LogP contribution < -0.4 is 5.73 Å². The Balaban J connectivity index is 1.67. The molecular weight excluding hydrogens is 258 g/mol. The molecule has 2 atom stereocenters. The Bertz CT molecular complexity index is 569. The van der Waals surface area contributed by atoms with Crippen molar-refractivity contribution in [3.8, 4) is 0 Å². The maximum Gasteiger partial charge on any atom is 0.158 e. The maximum absolute atomic E-state index is 5.94. The molecule has 4 nitrogen and oxygen atoms in total. The van der Waals surface area contributed by atoms with Crippen molar-refractivity contribution in [3.63, 3.8) is 0 Å². The van der Waals surface area contributed by atoms with E-state index in [1.807, 2.05) is 11.4 Å². The number of hydrogen-bond acceptors (Lipinski definition) is 5. The fourth-order valence-electron chi connectivity index (χ4n) is 2.71. The van der Waals surface area contributed by atoms with Gasteiger partial charge in [-0.2, -0.15) is 0 Å². The molecule has 0 aliphatic heterocycles. The molecule has 102 valence electrons. The number of nitrogens with two attached hydrogens (primary N) is 1. The van der Waals surface area contributed by atoms with Gasteiger partial charge in [0, 0.05) is 0 Å². The van der Waals surface area contributed by atoms with Crippen LogP contribution in [0.1, 0.15) is 38.4 Å². The lowest BCUT2D eigenvalue weighted by Crippen LogP contribution is -2.21. The van der Waals surface area contributed by atoms with Crippen LogP contribution in [0.25, 0.3) is 10.2 Å². The lowest BCUT2D eigenvalue weighted by molar-refractivity contribution is 0.00179. The fraction of sp³-hybridized carbons (Fsp3) is 0.571. The van der Waals surface area contributed by atoms with Gasteiger partial charge in [-0.1, -0.05) is 19.8 Å². The minimum Gasteiger partial charge on any atom is -0.383 e. The summed E-state index contributed by atoms with van der Waals surface area (Å²) in [5.74, 6) is 2.03. The molecule has 1 aliphatic rings. The summed E-state index contributed by atoms with van der Waals surface area (Å²) in [5.41, 5.74) is 5.93. The molecule has 1 fully saturated rings. The molecule has 0 spiro atoms. The highest BCUT2D eigenvalue weighted by Gasteiger charge is 2.19. The second kappa shape index (κ2) is 5.43. The predicted molar refractivity (Wildman–Crippen MR) is 78.0 cm³/mol. The van der Waals surface area contributed by atoms with Gasteiger partial charge in [0.15, 0.2) is 5.82 Å². The molecule has 0 amide bonds. The summed E-state index contributed by atoms with van der Waals surface area (Å²) in [5, 5.41) is 2.93. The van der Waals surface area contributed by atoms with Gasteiger partial charge in [-0.05, 0) is 30.2 Å². The molecule has 0 aromatic carbocycles. The monoisotopic (exact) mass is 277 g/mol. The molecular formula is C14H19N3OS. The van der Waals surface area contributed by atoms with Gasteiger partial charge in [0.25, 0.3) is 0 Å². The van der Waals surface area contributed by atoms with Crippen LogP contribution in [0.5, 0.6) is 0 Å². The van der Waals surface area contributed by atoms with Crippen molar-refractivity contribution in [1.29, 1.82) is 0 Å². The second-order valence-electron chi connectivity index (χ2n) is 5.37. The van der Waals surface area contributed by atoms with E-state index in [9.17, 15) is 0 Å². The summed E-state index contributed by atoms with van der Waals surface area (Å²) in [6.07, 6.45) is 5.24. The molecule has 0 radical (unpaired) electrons. The van der Waals surface area contributed by atoms with Crippen molar-refractivity contribution in [2.24, 2.45) is 5.92 Å². The smallest absolute Gasteiger partial charge is 0.158 e. The average Bonchev–Trinajstić information content (AvgIpc) is 2.85. The number of anilines is 1. The Morgan fingerprint density at radius 1 is 1.42 bits per heavy atom. The molecule has 1 saturated carbocycles. The first-order chi connectivity index (χ1) is 9.22. The highest BCUT2D eigenvalue weighted by Crippen LogP contribution is 2.27. The van der Waals surface area contributed by atoms with Gasteiger partial charge in [0.1, 0.15) is 17.3 Å². The highest BCUT2D eigenvalue weighted by molar-refractivity contribution is 7.16. The molecule has 0 saturated heterocycles. The van der Waals surface area contributed by atoms with Crippen molar-refractivity contribution in [3.05, 3.63) is 17.3 Å². The van der Waals surface area contributed by atoms with E-state index in [4.69, 9.17) is 10.5 Å². The van der Waals surface area contributed by atoms with Crippen LogP contribution in [0.15, 0.2) is 11.4 Å². The Morgan fingerprint density at radius 2 is 2.32 bits per heavy atom. The fourth-order valence-corrected chi connectivity index (χ4v) is 3.50. The lowest BCUT2D eigenvalue weighted by Gasteiger charge is -2.26. The summed E-state index contributed by atoms with van der Waals surface area (Å²) >= 11 is 1.59. The van der Waals surface area contributed by atoms with Gasteiger partial charge in [-0.15, -0.1) is 11.3 Å². The normalized spacial score (nSPS) is 23.8. The zero-order valence-electron chi connectivity index (χ0n) is 11.1. The molecule has 2 unspecified atom stereocenters. The molecule has 2 aromatic heterocycles. The average molecular weight is 277 g/mol. The summed E-state index contributed by atoms with van der Waals surface area (Å²) in [6, 6.07) is 1.96. The summed E-state index contributed by atoms with van der Waals surface area (Å²) < 4.78 is 5.94. The lowest BCUT2D eigenvalue weighted by atomic mass is 9.89. The minimum absolute atomic E-state index is 0.354. The molecule has 19 heavy (non-hydrogen) atoms. The quantitative estimate of drug-likeness (QED) is 0.934. The zero-order valence-corrected chi connectivity index (χ0v) is 11.9. The van der Waals surface area contributed by atoms with Gasteiger partial charge in [0.05, 0.1) is 11.5 Å². The van der Waals surface area contributed by atoms with Gasteiger partial charge >= 0.3 is 0 Å². The molecule has 2 heterocycles. The van der Waals surface area contributed by atoms with Gasteiger partial charge < -0.3 is 10.5 Å². The number of rotatable bonds is 3. The van der Waals surface area contributed by atoms with Crippen LogP contribution in [0.4, 0.5) is 5.82 Å². The van der Waals surface area contributed by atoms with Gasteiger partial charge in [-0.25, -0.2) is 9.97 Å². The van der Waals surface area contributed by atoms with Crippen molar-refractivity contribution in [1.82, 2.24) is 9.97 Å². The Kier molecular flexibility index (Phi) is 3.66. The van der Waals surface area contributed by atoms with E-state index >= 15 is 0 Å². The van der Waals surface area contributed by atoms with E-state index in [1.165, 1.54) is 12.8 Å². The molecule has 2 aromatic rings.